The van der Waals surface area contributed by atoms with Gasteiger partial charge in [-0.25, -0.2) is 0 Å². The average Bonchev–Trinajstić information content (AvgIpc) is 2.66. The van der Waals surface area contributed by atoms with Crippen LogP contribution in [-0.4, -0.2) is 12.0 Å². The molecule has 80 valence electrons. The molecule has 1 atom stereocenters. The summed E-state index contributed by atoms with van der Waals surface area (Å²) in [5.41, 5.74) is 2.52. The molecule has 0 radical (unpaired) electrons. The fourth-order valence-electron chi connectivity index (χ4n) is 1.92. The summed E-state index contributed by atoms with van der Waals surface area (Å²) >= 11 is 6.07. The van der Waals surface area contributed by atoms with Crippen LogP contribution in [0.5, 0.6) is 5.75 Å². The highest BCUT2D eigenvalue weighted by atomic mass is 35.5. The number of allylic oxidation sites excluding steroid dienone is 2. The van der Waals surface area contributed by atoms with E-state index < -0.39 is 0 Å². The second kappa shape index (κ2) is 4.71. The maximum atomic E-state index is 6.07. The molecule has 1 unspecified atom stereocenters. The van der Waals surface area contributed by atoms with Gasteiger partial charge in [0.15, 0.2) is 0 Å². The second-order valence-electron chi connectivity index (χ2n) is 3.68. The Morgan fingerprint density at radius 1 is 1.40 bits per heavy atom. The van der Waals surface area contributed by atoms with Crippen LogP contribution in [0.4, 0.5) is 0 Å². The molecule has 0 heterocycles. The summed E-state index contributed by atoms with van der Waals surface area (Å²) in [6.45, 7) is 2.71. The van der Waals surface area contributed by atoms with Gasteiger partial charge < -0.3 is 4.74 Å². The van der Waals surface area contributed by atoms with E-state index in [9.17, 15) is 0 Å². The van der Waals surface area contributed by atoms with E-state index in [2.05, 4.69) is 12.1 Å². The van der Waals surface area contributed by atoms with Gasteiger partial charge in [0.25, 0.3) is 0 Å². The lowest BCUT2D eigenvalue weighted by Gasteiger charge is -2.10. The molecule has 1 aliphatic carbocycles. The van der Waals surface area contributed by atoms with Crippen molar-refractivity contribution in [1.29, 1.82) is 0 Å². The molecule has 2 heteroatoms. The van der Waals surface area contributed by atoms with Gasteiger partial charge in [-0.05, 0) is 31.4 Å². The number of benzene rings is 1. The van der Waals surface area contributed by atoms with Gasteiger partial charge >= 0.3 is 0 Å². The predicted molar refractivity (Wildman–Crippen MR) is 64.5 cm³/mol. The van der Waals surface area contributed by atoms with Crippen molar-refractivity contribution in [3.05, 3.63) is 35.9 Å². The Kier molecular flexibility index (Phi) is 3.32. The first-order chi connectivity index (χ1) is 7.31. The normalized spacial score (nSPS) is 20.1. The van der Waals surface area contributed by atoms with Gasteiger partial charge in [-0.3, -0.25) is 0 Å². The molecule has 15 heavy (non-hydrogen) atoms. The van der Waals surface area contributed by atoms with Gasteiger partial charge in [0, 0.05) is 5.56 Å². The Morgan fingerprint density at radius 3 is 2.87 bits per heavy atom. The lowest BCUT2D eigenvalue weighted by molar-refractivity contribution is 0.339. The molecule has 0 aliphatic heterocycles. The molecule has 0 spiro atoms. The molecule has 0 fully saturated rings. The molecule has 0 saturated carbocycles. The molecule has 0 amide bonds. The van der Waals surface area contributed by atoms with E-state index in [4.69, 9.17) is 16.3 Å². The van der Waals surface area contributed by atoms with Crippen molar-refractivity contribution >= 4 is 17.2 Å². The predicted octanol–water partition coefficient (Wildman–Crippen LogP) is 3.87. The van der Waals surface area contributed by atoms with Crippen LogP contribution < -0.4 is 4.74 Å². The number of hydrogen-bond acceptors (Lipinski definition) is 1. The summed E-state index contributed by atoms with van der Waals surface area (Å²) in [6, 6.07) is 8.16. The topological polar surface area (TPSA) is 9.23 Å². The summed E-state index contributed by atoms with van der Waals surface area (Å²) in [7, 11) is 0. The fourth-order valence-corrected chi connectivity index (χ4v) is 2.18. The van der Waals surface area contributed by atoms with Crippen molar-refractivity contribution in [3.8, 4) is 5.75 Å². The Hall–Kier alpha value is -0.950. The minimum atomic E-state index is 0.190. The summed E-state index contributed by atoms with van der Waals surface area (Å²) in [4.78, 5) is 0. The maximum absolute atomic E-state index is 6.07. The van der Waals surface area contributed by atoms with Gasteiger partial charge in [-0.15, -0.1) is 11.6 Å². The smallest absolute Gasteiger partial charge is 0.126 e. The first-order valence-electron chi connectivity index (χ1n) is 5.38. The summed E-state index contributed by atoms with van der Waals surface area (Å²) in [6.07, 6.45) is 4.23. The molecular weight excluding hydrogens is 208 g/mol. The first-order valence-corrected chi connectivity index (χ1v) is 5.82. The van der Waals surface area contributed by atoms with Gasteiger partial charge in [0.05, 0.1) is 12.0 Å². The second-order valence-corrected chi connectivity index (χ2v) is 4.24. The zero-order valence-corrected chi connectivity index (χ0v) is 9.63. The van der Waals surface area contributed by atoms with E-state index in [0.29, 0.717) is 6.61 Å². The molecule has 0 aromatic heterocycles. The third-order valence-electron chi connectivity index (χ3n) is 2.60. The molecule has 1 aliphatic rings. The Balaban J connectivity index is 2.30. The van der Waals surface area contributed by atoms with Crippen LogP contribution in [-0.2, 0) is 0 Å². The van der Waals surface area contributed by atoms with Crippen LogP contribution in [0.2, 0.25) is 0 Å². The Bertz CT molecular complexity index is 371. The van der Waals surface area contributed by atoms with Crippen molar-refractivity contribution in [3.63, 3.8) is 0 Å². The standard InChI is InChI=1S/C13H15ClO/c1-2-15-13-6-4-3-5-12(13)10-7-8-11(14)9-10/h3-6,9,11H,2,7-8H2,1H3. The third kappa shape index (κ3) is 2.35. The number of alkyl halides is 1. The van der Waals surface area contributed by atoms with Gasteiger partial charge in [-0.2, -0.15) is 0 Å². The van der Waals surface area contributed by atoms with Gasteiger partial charge in [0.2, 0.25) is 0 Å². The fraction of sp³-hybridized carbons (Fsp3) is 0.385. The molecule has 1 aromatic rings. The molecule has 0 bridgehead atoms. The van der Waals surface area contributed by atoms with Crippen molar-refractivity contribution in [2.45, 2.75) is 25.1 Å². The summed E-state index contributed by atoms with van der Waals surface area (Å²) < 4.78 is 5.60. The van der Waals surface area contributed by atoms with Crippen LogP contribution in [0, 0.1) is 0 Å². The van der Waals surface area contributed by atoms with Crippen molar-refractivity contribution in [2.24, 2.45) is 0 Å². The van der Waals surface area contributed by atoms with E-state index >= 15 is 0 Å². The largest absolute Gasteiger partial charge is 0.493 e. The quantitative estimate of drug-likeness (QED) is 0.706. The first kappa shape index (κ1) is 10.6. The Morgan fingerprint density at radius 2 is 2.20 bits per heavy atom. The van der Waals surface area contributed by atoms with Gasteiger partial charge in [-0.1, -0.05) is 24.3 Å². The van der Waals surface area contributed by atoms with Crippen LogP contribution in [0.1, 0.15) is 25.3 Å². The molecule has 0 N–H and O–H groups in total. The Labute approximate surface area is 95.7 Å². The van der Waals surface area contributed by atoms with E-state index in [1.807, 2.05) is 25.1 Å². The van der Waals surface area contributed by atoms with E-state index in [-0.39, 0.29) is 5.38 Å². The zero-order chi connectivity index (χ0) is 10.7. The lowest BCUT2D eigenvalue weighted by Crippen LogP contribution is -1.95. The molecule has 0 saturated heterocycles. The van der Waals surface area contributed by atoms with Crippen LogP contribution >= 0.6 is 11.6 Å². The number of ether oxygens (including phenoxy) is 1. The lowest BCUT2D eigenvalue weighted by atomic mass is 10.0. The highest BCUT2D eigenvalue weighted by Crippen LogP contribution is 2.35. The molecule has 1 aromatic carbocycles. The van der Waals surface area contributed by atoms with Gasteiger partial charge in [0.1, 0.15) is 5.75 Å². The van der Waals surface area contributed by atoms with E-state index in [1.54, 1.807) is 0 Å². The maximum Gasteiger partial charge on any atom is 0.126 e. The SMILES string of the molecule is CCOc1ccccc1C1=CC(Cl)CC1. The minimum Gasteiger partial charge on any atom is -0.493 e. The van der Waals surface area contributed by atoms with Crippen LogP contribution in [0.25, 0.3) is 5.57 Å². The molecule has 2 rings (SSSR count). The zero-order valence-electron chi connectivity index (χ0n) is 8.87. The highest BCUT2D eigenvalue weighted by Gasteiger charge is 2.16. The highest BCUT2D eigenvalue weighted by molar-refractivity contribution is 6.22. The van der Waals surface area contributed by atoms with E-state index in [1.165, 1.54) is 11.1 Å². The van der Waals surface area contributed by atoms with Crippen molar-refractivity contribution < 1.29 is 4.74 Å². The monoisotopic (exact) mass is 222 g/mol. The van der Waals surface area contributed by atoms with E-state index in [0.717, 1.165) is 18.6 Å². The summed E-state index contributed by atoms with van der Waals surface area (Å²) in [5.74, 6) is 0.969. The summed E-state index contributed by atoms with van der Waals surface area (Å²) in [5, 5.41) is 0.190. The number of para-hydroxylation sites is 1. The van der Waals surface area contributed by atoms with Crippen molar-refractivity contribution in [1.82, 2.24) is 0 Å². The number of hydrogen-bond donors (Lipinski definition) is 0. The van der Waals surface area contributed by atoms with Crippen LogP contribution in [0.3, 0.4) is 0 Å². The third-order valence-corrected chi connectivity index (χ3v) is 2.95. The molecule has 1 nitrogen and oxygen atoms in total. The number of rotatable bonds is 3. The minimum absolute atomic E-state index is 0.190. The average molecular weight is 223 g/mol. The number of halogens is 1. The van der Waals surface area contributed by atoms with Crippen LogP contribution in [0.15, 0.2) is 30.3 Å². The molecular formula is C13H15ClO. The van der Waals surface area contributed by atoms with Crippen molar-refractivity contribution in [2.75, 3.05) is 6.61 Å².